The minimum Gasteiger partial charge on any atom is -0.368 e. The molecule has 1 N–H and O–H groups in total. The van der Waals surface area contributed by atoms with Gasteiger partial charge in [0.2, 0.25) is 5.91 Å². The average Bonchev–Trinajstić information content (AvgIpc) is 2.93. The van der Waals surface area contributed by atoms with E-state index >= 15 is 0 Å². The van der Waals surface area contributed by atoms with Crippen LogP contribution in [0.1, 0.15) is 31.2 Å². The zero-order chi connectivity index (χ0) is 16.2. The highest BCUT2D eigenvalue weighted by molar-refractivity contribution is 7.13. The number of benzene rings is 1. The highest BCUT2D eigenvalue weighted by atomic mass is 32.1. The van der Waals surface area contributed by atoms with Gasteiger partial charge in [0, 0.05) is 31.9 Å². The van der Waals surface area contributed by atoms with E-state index in [-0.39, 0.29) is 18.1 Å². The predicted octanol–water partition coefficient (Wildman–Crippen LogP) is 3.06. The minimum absolute atomic E-state index is 0.0879. The summed E-state index contributed by atoms with van der Waals surface area (Å²) in [6, 6.07) is 10.3. The Bertz CT molecular complexity index is 659. The van der Waals surface area contributed by atoms with Crippen molar-refractivity contribution in [3.8, 4) is 0 Å². The molecule has 23 heavy (non-hydrogen) atoms. The third-order valence-electron chi connectivity index (χ3n) is 3.73. The molecule has 1 aliphatic rings. The van der Waals surface area contributed by atoms with Crippen LogP contribution in [0.5, 0.6) is 0 Å². The van der Waals surface area contributed by atoms with Gasteiger partial charge < -0.3 is 10.1 Å². The fourth-order valence-electron chi connectivity index (χ4n) is 2.84. The molecule has 0 radical (unpaired) electrons. The zero-order valence-corrected chi connectivity index (χ0v) is 14.2. The van der Waals surface area contributed by atoms with Gasteiger partial charge in [0.15, 0.2) is 5.13 Å². The largest absolute Gasteiger partial charge is 0.368 e. The molecule has 6 heteroatoms. The normalized spacial score (nSPS) is 22.0. The van der Waals surface area contributed by atoms with Gasteiger partial charge in [-0.05, 0) is 12.5 Å². The van der Waals surface area contributed by atoms with Crippen LogP contribution in [-0.2, 0) is 16.1 Å². The van der Waals surface area contributed by atoms with E-state index in [0.717, 1.165) is 25.3 Å². The van der Waals surface area contributed by atoms with Gasteiger partial charge in [-0.3, -0.25) is 9.69 Å². The van der Waals surface area contributed by atoms with E-state index in [1.807, 2.05) is 23.6 Å². The maximum absolute atomic E-state index is 11.1. The Morgan fingerprint density at radius 3 is 2.91 bits per heavy atom. The topological polar surface area (TPSA) is 54.5 Å². The molecule has 0 aliphatic carbocycles. The summed E-state index contributed by atoms with van der Waals surface area (Å²) < 4.78 is 6.08. The van der Waals surface area contributed by atoms with Gasteiger partial charge in [0.05, 0.1) is 17.9 Å². The lowest BCUT2D eigenvalue weighted by Gasteiger charge is -2.36. The Kier molecular flexibility index (Phi) is 5.05. The molecule has 3 rings (SSSR count). The molecule has 1 aliphatic heterocycles. The average molecular weight is 331 g/mol. The summed E-state index contributed by atoms with van der Waals surface area (Å²) in [4.78, 5) is 17.9. The van der Waals surface area contributed by atoms with Crippen LogP contribution >= 0.6 is 11.3 Å². The van der Waals surface area contributed by atoms with Crippen molar-refractivity contribution in [2.75, 3.05) is 18.4 Å². The van der Waals surface area contributed by atoms with Gasteiger partial charge in [-0.25, -0.2) is 4.98 Å². The van der Waals surface area contributed by atoms with Gasteiger partial charge in [-0.15, -0.1) is 11.3 Å². The third kappa shape index (κ3) is 4.37. The second-order valence-electron chi connectivity index (χ2n) is 5.87. The van der Waals surface area contributed by atoms with Crippen LogP contribution in [0.15, 0.2) is 35.7 Å². The van der Waals surface area contributed by atoms with Crippen molar-refractivity contribution in [3.63, 3.8) is 0 Å². The molecule has 0 saturated carbocycles. The summed E-state index contributed by atoms with van der Waals surface area (Å²) in [5.74, 6) is -0.0879. The molecule has 2 aromatic rings. The maximum atomic E-state index is 11.1. The molecule has 0 spiro atoms. The number of aromatic nitrogens is 1. The number of amides is 1. The lowest BCUT2D eigenvalue weighted by atomic mass is 10.1. The summed E-state index contributed by atoms with van der Waals surface area (Å²) in [5, 5.41) is 5.39. The predicted molar refractivity (Wildman–Crippen MR) is 91.4 cm³/mol. The van der Waals surface area contributed by atoms with Crippen molar-refractivity contribution in [3.05, 3.63) is 47.0 Å². The molecule has 2 heterocycles. The van der Waals surface area contributed by atoms with Crippen LogP contribution in [0.25, 0.3) is 0 Å². The lowest BCUT2D eigenvalue weighted by molar-refractivity contribution is -0.114. The Balaban J connectivity index is 1.65. The summed E-state index contributed by atoms with van der Waals surface area (Å²) >= 11 is 1.46. The molecule has 1 saturated heterocycles. The monoisotopic (exact) mass is 331 g/mol. The van der Waals surface area contributed by atoms with Gasteiger partial charge >= 0.3 is 0 Å². The van der Waals surface area contributed by atoms with Crippen LogP contribution in [0.3, 0.4) is 0 Å². The quantitative estimate of drug-likeness (QED) is 0.935. The smallest absolute Gasteiger partial charge is 0.223 e. The molecule has 1 fully saturated rings. The van der Waals surface area contributed by atoms with Crippen LogP contribution in [0, 0.1) is 0 Å². The summed E-state index contributed by atoms with van der Waals surface area (Å²) in [5.41, 5.74) is 2.20. The van der Waals surface area contributed by atoms with E-state index in [1.165, 1.54) is 23.8 Å². The first kappa shape index (κ1) is 16.1. The Labute approximate surface area is 140 Å². The number of anilines is 1. The first-order valence-corrected chi connectivity index (χ1v) is 8.63. The zero-order valence-electron chi connectivity index (χ0n) is 13.4. The van der Waals surface area contributed by atoms with Crippen molar-refractivity contribution >= 4 is 22.4 Å². The molecular weight excluding hydrogens is 310 g/mol. The fraction of sp³-hybridized carbons (Fsp3) is 0.412. The van der Waals surface area contributed by atoms with E-state index in [1.54, 1.807) is 0 Å². The molecule has 2 atom stereocenters. The summed E-state index contributed by atoms with van der Waals surface area (Å²) in [7, 11) is 0. The van der Waals surface area contributed by atoms with Crippen LogP contribution in [0.2, 0.25) is 0 Å². The number of hydrogen-bond acceptors (Lipinski definition) is 5. The van der Waals surface area contributed by atoms with E-state index < -0.39 is 0 Å². The van der Waals surface area contributed by atoms with Crippen molar-refractivity contribution in [2.45, 2.75) is 32.6 Å². The highest BCUT2D eigenvalue weighted by Gasteiger charge is 2.26. The van der Waals surface area contributed by atoms with Crippen molar-refractivity contribution in [2.24, 2.45) is 0 Å². The number of carbonyl (C=O) groups is 1. The van der Waals surface area contributed by atoms with Crippen molar-refractivity contribution < 1.29 is 9.53 Å². The van der Waals surface area contributed by atoms with Crippen molar-refractivity contribution in [1.29, 1.82) is 0 Å². The number of rotatable bonds is 4. The van der Waals surface area contributed by atoms with E-state index in [2.05, 4.69) is 34.3 Å². The van der Waals surface area contributed by atoms with Gasteiger partial charge in [0.25, 0.3) is 0 Å². The first-order valence-electron chi connectivity index (χ1n) is 7.75. The van der Waals surface area contributed by atoms with Crippen LogP contribution in [-0.4, -0.2) is 35.0 Å². The number of nitrogens with zero attached hydrogens (tertiary/aromatic N) is 2. The van der Waals surface area contributed by atoms with E-state index in [0.29, 0.717) is 5.13 Å². The highest BCUT2D eigenvalue weighted by Crippen LogP contribution is 2.26. The molecule has 0 unspecified atom stereocenters. The molecule has 1 aromatic heterocycles. The number of ether oxygens (including phenoxy) is 1. The molecule has 5 nitrogen and oxygen atoms in total. The molecule has 122 valence electrons. The number of morpholine rings is 1. The molecule has 1 aromatic carbocycles. The minimum atomic E-state index is -0.0879. The lowest BCUT2D eigenvalue weighted by Crippen LogP contribution is -2.42. The van der Waals surface area contributed by atoms with E-state index in [9.17, 15) is 4.79 Å². The number of carbonyl (C=O) groups excluding carboxylic acids is 1. The second-order valence-corrected chi connectivity index (χ2v) is 6.72. The van der Waals surface area contributed by atoms with Gasteiger partial charge in [-0.1, -0.05) is 30.3 Å². The van der Waals surface area contributed by atoms with Crippen molar-refractivity contribution in [1.82, 2.24) is 9.88 Å². The Morgan fingerprint density at radius 1 is 1.39 bits per heavy atom. The second kappa shape index (κ2) is 7.21. The van der Waals surface area contributed by atoms with Crippen LogP contribution in [0.4, 0.5) is 5.13 Å². The molecule has 0 bridgehead atoms. The van der Waals surface area contributed by atoms with Crippen LogP contribution < -0.4 is 5.32 Å². The fourth-order valence-corrected chi connectivity index (χ4v) is 3.58. The molecular formula is C17H21N3O2S. The number of hydrogen-bond donors (Lipinski definition) is 1. The number of thiazole rings is 1. The molecule has 1 amide bonds. The Morgan fingerprint density at radius 2 is 2.17 bits per heavy atom. The third-order valence-corrected chi connectivity index (χ3v) is 4.53. The summed E-state index contributed by atoms with van der Waals surface area (Å²) in [6.07, 6.45) is 0.274. The SMILES string of the molecule is CC(=O)Nc1nc(CN2C[C@@H](C)O[C@@H](c3ccccc3)C2)cs1. The van der Waals surface area contributed by atoms with Gasteiger partial charge in [0.1, 0.15) is 0 Å². The standard InChI is InChI=1S/C17H21N3O2S/c1-12-8-20(9-15-11-23-17(19-15)18-13(2)21)10-16(22-12)14-6-4-3-5-7-14/h3-7,11-12,16H,8-10H2,1-2H3,(H,18,19,21)/t12-,16-/m1/s1. The van der Waals surface area contributed by atoms with Gasteiger partial charge in [-0.2, -0.15) is 0 Å². The maximum Gasteiger partial charge on any atom is 0.223 e. The first-order chi connectivity index (χ1) is 11.1. The van der Waals surface area contributed by atoms with E-state index in [4.69, 9.17) is 4.74 Å². The summed E-state index contributed by atoms with van der Waals surface area (Å²) in [6.45, 7) is 6.10. The number of nitrogens with one attached hydrogen (secondary N) is 1. The Hall–Kier alpha value is -1.76.